The Hall–Kier alpha value is -1.89. The highest BCUT2D eigenvalue weighted by Crippen LogP contribution is 2.32. The van der Waals surface area contributed by atoms with E-state index in [-0.39, 0.29) is 24.1 Å². The van der Waals surface area contributed by atoms with E-state index in [0.717, 1.165) is 25.0 Å². The van der Waals surface area contributed by atoms with Gasteiger partial charge in [-0.2, -0.15) is 0 Å². The molecule has 8 heteroatoms. The van der Waals surface area contributed by atoms with Crippen molar-refractivity contribution < 1.29 is 13.6 Å². The van der Waals surface area contributed by atoms with Crippen LogP contribution >= 0.6 is 12.4 Å². The summed E-state index contributed by atoms with van der Waals surface area (Å²) >= 11 is 0. The number of carbonyl (C=O) groups is 1. The Balaban J connectivity index is 0.00000220. The average molecular weight is 319 g/mol. The largest absolute Gasteiger partial charge is 0.341 e. The fraction of sp³-hybridized carbons (Fsp3) is 0.385. The molecule has 1 saturated carbocycles. The van der Waals surface area contributed by atoms with Gasteiger partial charge >= 0.3 is 6.03 Å². The third-order valence-corrected chi connectivity index (χ3v) is 3.07. The van der Waals surface area contributed by atoms with E-state index in [2.05, 4.69) is 10.6 Å². The molecule has 0 aliphatic heterocycles. The zero-order chi connectivity index (χ0) is 14.7. The zero-order valence-corrected chi connectivity index (χ0v) is 12.3. The lowest BCUT2D eigenvalue weighted by Gasteiger charge is -2.25. The Bertz CT molecular complexity index is 537. The van der Waals surface area contributed by atoms with E-state index in [0.29, 0.717) is 12.5 Å². The highest BCUT2D eigenvalue weighted by molar-refractivity contribution is 6.03. The Kier molecular flexibility index (Phi) is 5.90. The molecule has 21 heavy (non-hydrogen) atoms. The predicted octanol–water partition coefficient (Wildman–Crippen LogP) is 2.47. The Morgan fingerprint density at radius 2 is 2.10 bits per heavy atom. The third kappa shape index (κ3) is 4.56. The molecule has 1 aromatic rings. The molecule has 0 unspecified atom stereocenters. The number of nitrogens with zero attached hydrogens (tertiary/aromatic N) is 1. The fourth-order valence-electron chi connectivity index (χ4n) is 1.81. The molecule has 0 bridgehead atoms. The molecule has 1 aliphatic rings. The van der Waals surface area contributed by atoms with Crippen LogP contribution in [0.2, 0.25) is 0 Å². The summed E-state index contributed by atoms with van der Waals surface area (Å²) < 4.78 is 26.8. The van der Waals surface area contributed by atoms with E-state index in [4.69, 9.17) is 5.41 Å². The minimum absolute atomic E-state index is 0. The number of hydrogen-bond donors (Lipinski definition) is 3. The minimum Gasteiger partial charge on any atom is -0.341 e. The van der Waals surface area contributed by atoms with E-state index < -0.39 is 17.7 Å². The van der Waals surface area contributed by atoms with Gasteiger partial charge < -0.3 is 10.2 Å². The molecule has 5 nitrogen and oxygen atoms in total. The van der Waals surface area contributed by atoms with Crippen LogP contribution in [0.5, 0.6) is 0 Å². The van der Waals surface area contributed by atoms with Gasteiger partial charge in [-0.05, 0) is 30.9 Å². The van der Waals surface area contributed by atoms with Gasteiger partial charge in [-0.3, -0.25) is 10.7 Å². The highest BCUT2D eigenvalue weighted by Gasteiger charge is 2.28. The van der Waals surface area contributed by atoms with Crippen molar-refractivity contribution in [3.8, 4) is 0 Å². The van der Waals surface area contributed by atoms with Gasteiger partial charge in [-0.1, -0.05) is 0 Å². The average Bonchev–Trinajstić information content (AvgIpc) is 3.20. The predicted molar refractivity (Wildman–Crippen MR) is 79.0 cm³/mol. The summed E-state index contributed by atoms with van der Waals surface area (Å²) in [5.74, 6) is -1.30. The molecular weight excluding hydrogens is 302 g/mol. The van der Waals surface area contributed by atoms with Crippen LogP contribution < -0.4 is 15.5 Å². The lowest BCUT2D eigenvalue weighted by atomic mass is 10.2. The molecule has 1 aromatic carbocycles. The molecule has 2 amide bonds. The minimum atomic E-state index is -0.755. The van der Waals surface area contributed by atoms with Gasteiger partial charge in [0, 0.05) is 19.7 Å². The second-order valence-corrected chi connectivity index (χ2v) is 4.70. The number of carbonyl (C=O) groups excluding carboxylic acids is 1. The van der Waals surface area contributed by atoms with Crippen LogP contribution in [0, 0.1) is 23.0 Å². The van der Waals surface area contributed by atoms with Gasteiger partial charge in [-0.15, -0.1) is 12.4 Å². The number of hydrogen-bond acceptors (Lipinski definition) is 2. The fourth-order valence-corrected chi connectivity index (χ4v) is 1.81. The van der Waals surface area contributed by atoms with E-state index >= 15 is 0 Å². The van der Waals surface area contributed by atoms with Crippen molar-refractivity contribution in [1.82, 2.24) is 10.6 Å². The van der Waals surface area contributed by atoms with Crippen molar-refractivity contribution >= 4 is 30.1 Å². The molecule has 0 saturated heterocycles. The Morgan fingerprint density at radius 3 is 2.62 bits per heavy atom. The first-order valence-electron chi connectivity index (χ1n) is 6.31. The first-order valence-corrected chi connectivity index (χ1v) is 6.31. The Labute approximate surface area is 127 Å². The van der Waals surface area contributed by atoms with Crippen LogP contribution in [0.4, 0.5) is 19.3 Å². The molecule has 0 spiro atoms. The van der Waals surface area contributed by atoms with Crippen LogP contribution in [-0.2, 0) is 0 Å². The third-order valence-electron chi connectivity index (χ3n) is 3.07. The van der Waals surface area contributed by atoms with Crippen molar-refractivity contribution in [3.05, 3.63) is 29.8 Å². The van der Waals surface area contributed by atoms with Crippen LogP contribution in [0.15, 0.2) is 18.2 Å². The quantitative estimate of drug-likeness (QED) is 0.592. The number of nitrogens with one attached hydrogen (secondary N) is 3. The zero-order valence-electron chi connectivity index (χ0n) is 11.5. The SMILES string of the molecule is CNC(=O)NC(=N)N(CC1CC1)c1ccc(F)cc1F.Cl. The number of guanidine groups is 1. The second kappa shape index (κ2) is 7.21. The van der Waals surface area contributed by atoms with Gasteiger partial charge in [0.2, 0.25) is 5.96 Å². The molecule has 1 aliphatic carbocycles. The molecule has 0 radical (unpaired) electrons. The van der Waals surface area contributed by atoms with Gasteiger partial charge in [-0.25, -0.2) is 13.6 Å². The molecule has 0 heterocycles. The maximum atomic E-state index is 13.8. The number of rotatable bonds is 3. The Morgan fingerprint density at radius 1 is 1.43 bits per heavy atom. The van der Waals surface area contributed by atoms with Crippen molar-refractivity contribution in [1.29, 1.82) is 5.41 Å². The van der Waals surface area contributed by atoms with Gasteiger partial charge in [0.15, 0.2) is 0 Å². The number of halogens is 3. The van der Waals surface area contributed by atoms with E-state index in [9.17, 15) is 13.6 Å². The summed E-state index contributed by atoms with van der Waals surface area (Å²) in [6, 6.07) is 2.61. The highest BCUT2D eigenvalue weighted by atomic mass is 35.5. The van der Waals surface area contributed by atoms with Gasteiger partial charge in [0.25, 0.3) is 0 Å². The summed E-state index contributed by atoms with van der Waals surface area (Å²) in [5.41, 5.74) is 0.0831. The molecular formula is C13H17ClF2N4O. The molecule has 116 valence electrons. The monoisotopic (exact) mass is 318 g/mol. The molecule has 2 rings (SSSR count). The number of urea groups is 1. The van der Waals surface area contributed by atoms with Crippen molar-refractivity contribution in [2.45, 2.75) is 12.8 Å². The molecule has 0 atom stereocenters. The smallest absolute Gasteiger partial charge is 0.321 e. The summed E-state index contributed by atoms with van der Waals surface area (Å²) in [6.45, 7) is 0.422. The van der Waals surface area contributed by atoms with E-state index in [1.165, 1.54) is 18.0 Å². The van der Waals surface area contributed by atoms with Crippen molar-refractivity contribution in [2.75, 3.05) is 18.5 Å². The van der Waals surface area contributed by atoms with E-state index in [1.807, 2.05) is 0 Å². The standard InChI is InChI=1S/C13H16F2N4O.ClH/c1-17-13(20)18-12(16)19(7-8-2-3-8)11-5-4-9(14)6-10(11)15;/h4-6,8H,2-3,7H2,1H3,(H3,16,17,18,20);1H. The van der Waals surface area contributed by atoms with Crippen LogP contribution in [-0.4, -0.2) is 25.6 Å². The maximum absolute atomic E-state index is 13.8. The summed E-state index contributed by atoms with van der Waals surface area (Å²) in [5, 5.41) is 12.5. The summed E-state index contributed by atoms with van der Waals surface area (Å²) in [4.78, 5) is 12.6. The summed E-state index contributed by atoms with van der Waals surface area (Å²) in [6.07, 6.45) is 2.01. The molecule has 0 aromatic heterocycles. The number of anilines is 1. The molecule has 3 N–H and O–H groups in total. The first kappa shape index (κ1) is 17.2. The van der Waals surface area contributed by atoms with Gasteiger partial charge in [0.1, 0.15) is 11.6 Å². The molecule has 1 fully saturated rings. The van der Waals surface area contributed by atoms with Gasteiger partial charge in [0.05, 0.1) is 5.69 Å². The van der Waals surface area contributed by atoms with Crippen molar-refractivity contribution in [3.63, 3.8) is 0 Å². The topological polar surface area (TPSA) is 68.2 Å². The van der Waals surface area contributed by atoms with Crippen LogP contribution in [0.25, 0.3) is 0 Å². The van der Waals surface area contributed by atoms with Crippen LogP contribution in [0.1, 0.15) is 12.8 Å². The normalized spacial score (nSPS) is 13.1. The van der Waals surface area contributed by atoms with Crippen molar-refractivity contribution in [2.24, 2.45) is 5.92 Å². The van der Waals surface area contributed by atoms with Crippen LogP contribution in [0.3, 0.4) is 0 Å². The summed E-state index contributed by atoms with van der Waals surface area (Å²) in [7, 11) is 1.42. The number of benzene rings is 1. The lowest BCUT2D eigenvalue weighted by Crippen LogP contribution is -2.47. The number of amides is 2. The second-order valence-electron chi connectivity index (χ2n) is 4.70. The first-order chi connectivity index (χ1) is 9.51. The lowest BCUT2D eigenvalue weighted by molar-refractivity contribution is 0.247. The maximum Gasteiger partial charge on any atom is 0.321 e. The van der Waals surface area contributed by atoms with E-state index in [1.54, 1.807) is 0 Å².